The van der Waals surface area contributed by atoms with Gasteiger partial charge in [-0.25, -0.2) is 4.79 Å². The largest absolute Gasteiger partial charge is 0.459 e. The molecule has 402 valence electrons. The van der Waals surface area contributed by atoms with Crippen molar-refractivity contribution in [2.45, 2.75) is 245 Å². The lowest BCUT2D eigenvalue weighted by molar-refractivity contribution is -0.316. The monoisotopic (exact) mass is 1020 g/mol. The molecule has 22 unspecified atom stereocenters. The number of ether oxygens (including phenoxy) is 11. The molecule has 10 aliphatic heterocycles. The van der Waals surface area contributed by atoms with E-state index >= 15 is 0 Å². The second-order valence-electron chi connectivity index (χ2n) is 24.3. The van der Waals surface area contributed by atoms with Crippen LogP contribution >= 0.6 is 0 Å². The highest BCUT2D eigenvalue weighted by Gasteiger charge is 2.57. The number of hydrogen-bond donors (Lipinski definition) is 1. The van der Waals surface area contributed by atoms with Crippen LogP contribution < -0.4 is 0 Å². The molecule has 2 aromatic rings. The summed E-state index contributed by atoms with van der Waals surface area (Å²) < 4.78 is 74.5. The summed E-state index contributed by atoms with van der Waals surface area (Å²) in [6, 6.07) is 13.5. The second-order valence-corrected chi connectivity index (χ2v) is 24.3. The van der Waals surface area contributed by atoms with Crippen molar-refractivity contribution < 1.29 is 66.8 Å². The highest BCUT2D eigenvalue weighted by atomic mass is 16.6. The van der Waals surface area contributed by atoms with Crippen molar-refractivity contribution in [2.75, 3.05) is 6.61 Å². The molecule has 0 aliphatic carbocycles. The van der Waals surface area contributed by atoms with Gasteiger partial charge >= 0.3 is 11.9 Å². The average molecular weight is 1020 g/mol. The summed E-state index contributed by atoms with van der Waals surface area (Å²) in [5.74, 6) is -0.0830. The smallest absolute Gasteiger partial charge is 0.338 e. The van der Waals surface area contributed by atoms with E-state index in [1.807, 2.05) is 36.4 Å². The first-order chi connectivity index (χ1) is 35.7. The minimum atomic E-state index is -0.731. The van der Waals surface area contributed by atoms with E-state index in [1.54, 1.807) is 6.07 Å². The number of aliphatic hydroxyl groups is 1. The molecule has 0 radical (unpaired) electrons. The second kappa shape index (κ2) is 21.0. The molecule has 10 aliphatic rings. The Morgan fingerprint density at radius 2 is 1.42 bits per heavy atom. The Labute approximate surface area is 436 Å². The predicted octanol–water partition coefficient (Wildman–Crippen LogP) is 8.76. The van der Waals surface area contributed by atoms with Crippen LogP contribution in [0.5, 0.6) is 0 Å². The van der Waals surface area contributed by atoms with E-state index < -0.39 is 29.4 Å². The first-order valence-electron chi connectivity index (χ1n) is 28.2. The van der Waals surface area contributed by atoms with E-state index in [2.05, 4.69) is 58.6 Å². The molecule has 0 aromatic heterocycles. The van der Waals surface area contributed by atoms with Crippen LogP contribution in [0.3, 0.4) is 0 Å². The molecule has 74 heavy (non-hydrogen) atoms. The van der Waals surface area contributed by atoms with Crippen LogP contribution in [-0.2, 0) is 56.9 Å². The Hall–Kier alpha value is -3.54. The standard InChI is InChI=1S/C60H78O14/c1-33-23-46-49(29-55(62)70-46)69-54-28-48-50(74-59(54,4)30-33)24-35(3)56-45(67-48)15-9-8-14-41-42(71-56)16-10-18-44-43(66-41)17-11-19-53-60(5,73-44)31-52-47(68-53)27-51-57(72-52)40(61)26-39(65-51)22-34(2)32-64-58(63)38-21-20-36-12-6-7-13-37(36)25-38/h6-10,12-13,18,20-21,25,33,35,39-54,56-57,61H,2,11,14-17,19,22-24,26-32H2,1,3-5H3/b9-8-,18-10?. The molecule has 8 fully saturated rings. The number of esters is 2. The van der Waals surface area contributed by atoms with Gasteiger partial charge in [-0.2, -0.15) is 0 Å². The fraction of sp³-hybridized carbons (Fsp3) is 0.700. The van der Waals surface area contributed by atoms with Crippen LogP contribution in [0.4, 0.5) is 0 Å². The highest BCUT2D eigenvalue weighted by Crippen LogP contribution is 2.49. The summed E-state index contributed by atoms with van der Waals surface area (Å²) >= 11 is 0. The van der Waals surface area contributed by atoms with E-state index in [0.29, 0.717) is 50.0 Å². The Kier molecular flexibility index (Phi) is 14.5. The lowest BCUT2D eigenvalue weighted by Crippen LogP contribution is -2.65. The van der Waals surface area contributed by atoms with Crippen LogP contribution in [0.25, 0.3) is 10.8 Å². The number of fused-ring (bicyclic) bond motifs is 10. The summed E-state index contributed by atoms with van der Waals surface area (Å²) in [4.78, 5) is 25.3. The molecule has 12 rings (SSSR count). The summed E-state index contributed by atoms with van der Waals surface area (Å²) in [5, 5.41) is 13.6. The molecule has 14 heteroatoms. The van der Waals surface area contributed by atoms with Crippen LogP contribution in [-0.4, -0.2) is 145 Å². The molecule has 10 heterocycles. The van der Waals surface area contributed by atoms with Gasteiger partial charge in [0.1, 0.15) is 31.0 Å². The van der Waals surface area contributed by atoms with Crippen LogP contribution in [0, 0.1) is 11.8 Å². The van der Waals surface area contributed by atoms with Gasteiger partial charge in [0.25, 0.3) is 0 Å². The number of carbonyl (C=O) groups excluding carboxylic acids is 2. The molecule has 1 N–H and O–H groups in total. The van der Waals surface area contributed by atoms with Crippen molar-refractivity contribution in [1.29, 1.82) is 0 Å². The van der Waals surface area contributed by atoms with Gasteiger partial charge < -0.3 is 57.2 Å². The van der Waals surface area contributed by atoms with Gasteiger partial charge in [-0.05, 0) is 118 Å². The van der Waals surface area contributed by atoms with Crippen LogP contribution in [0.1, 0.15) is 134 Å². The lowest BCUT2D eigenvalue weighted by Gasteiger charge is -2.55. The Morgan fingerprint density at radius 3 is 2.28 bits per heavy atom. The van der Waals surface area contributed by atoms with E-state index in [4.69, 9.17) is 52.1 Å². The number of benzene rings is 2. The summed E-state index contributed by atoms with van der Waals surface area (Å²) in [5.41, 5.74) is 0.0785. The molecule has 2 aromatic carbocycles. The van der Waals surface area contributed by atoms with Crippen molar-refractivity contribution in [3.63, 3.8) is 0 Å². The van der Waals surface area contributed by atoms with Crippen molar-refractivity contribution in [3.8, 4) is 0 Å². The molecule has 0 saturated carbocycles. The molecule has 0 amide bonds. The zero-order chi connectivity index (χ0) is 50.9. The van der Waals surface area contributed by atoms with Gasteiger partial charge in [-0.15, -0.1) is 0 Å². The third kappa shape index (κ3) is 10.5. The zero-order valence-corrected chi connectivity index (χ0v) is 43.7. The lowest BCUT2D eigenvalue weighted by atomic mass is 9.78. The van der Waals surface area contributed by atoms with Gasteiger partial charge in [0, 0.05) is 25.7 Å². The number of aliphatic hydroxyl groups excluding tert-OH is 1. The van der Waals surface area contributed by atoms with Crippen molar-refractivity contribution in [3.05, 3.63) is 84.5 Å². The average Bonchev–Trinajstić information content (AvgIpc) is 3.67. The van der Waals surface area contributed by atoms with E-state index in [0.717, 1.165) is 67.7 Å². The quantitative estimate of drug-likeness (QED) is 0.224. The fourth-order valence-electron chi connectivity index (χ4n) is 14.8. The third-order valence-corrected chi connectivity index (χ3v) is 18.4. The van der Waals surface area contributed by atoms with Gasteiger partial charge in [0.2, 0.25) is 0 Å². The molecule has 14 nitrogen and oxygen atoms in total. The fourth-order valence-corrected chi connectivity index (χ4v) is 14.8. The molecular weight excluding hydrogens is 945 g/mol. The maximum atomic E-state index is 13.0. The first-order valence-corrected chi connectivity index (χ1v) is 28.2. The minimum absolute atomic E-state index is 0.0717. The maximum absolute atomic E-state index is 13.0. The molecule has 22 atom stereocenters. The van der Waals surface area contributed by atoms with Gasteiger partial charge in [0.15, 0.2) is 0 Å². The minimum Gasteiger partial charge on any atom is -0.459 e. The third-order valence-electron chi connectivity index (χ3n) is 18.4. The van der Waals surface area contributed by atoms with Gasteiger partial charge in [-0.3, -0.25) is 4.79 Å². The van der Waals surface area contributed by atoms with E-state index in [1.165, 1.54) is 0 Å². The van der Waals surface area contributed by atoms with Crippen molar-refractivity contribution in [2.24, 2.45) is 11.8 Å². The first kappa shape index (κ1) is 51.2. The number of carbonyl (C=O) groups is 2. The maximum Gasteiger partial charge on any atom is 0.338 e. The van der Waals surface area contributed by atoms with Gasteiger partial charge in [-0.1, -0.05) is 75.1 Å². The number of hydrogen-bond acceptors (Lipinski definition) is 14. The highest BCUT2D eigenvalue weighted by molar-refractivity contribution is 5.95. The van der Waals surface area contributed by atoms with Crippen molar-refractivity contribution in [1.82, 2.24) is 0 Å². The van der Waals surface area contributed by atoms with E-state index in [-0.39, 0.29) is 123 Å². The summed E-state index contributed by atoms with van der Waals surface area (Å²) in [7, 11) is 0. The molecular formula is C60H78O14. The Morgan fingerprint density at radius 1 is 0.676 bits per heavy atom. The summed E-state index contributed by atoms with van der Waals surface area (Å²) in [6.07, 6.45) is 14.6. The van der Waals surface area contributed by atoms with E-state index in [9.17, 15) is 14.7 Å². The van der Waals surface area contributed by atoms with Gasteiger partial charge in [0.05, 0.1) is 109 Å². The number of rotatable bonds is 5. The normalized spacial score (nSPS) is 46.5. The van der Waals surface area contributed by atoms with Crippen LogP contribution in [0.15, 0.2) is 78.9 Å². The Bertz CT molecular complexity index is 2440. The summed E-state index contributed by atoms with van der Waals surface area (Å²) in [6.45, 7) is 13.2. The Balaban J connectivity index is 0.669. The van der Waals surface area contributed by atoms with Crippen LogP contribution in [0.2, 0.25) is 0 Å². The topological polar surface area (TPSA) is 156 Å². The molecule has 0 spiro atoms. The van der Waals surface area contributed by atoms with Crippen molar-refractivity contribution >= 4 is 22.7 Å². The molecule has 0 bridgehead atoms. The molecule has 8 saturated heterocycles. The zero-order valence-electron chi connectivity index (χ0n) is 43.7. The predicted molar refractivity (Wildman–Crippen MR) is 272 cm³/mol. The SMILES string of the molecule is C=C(COC(=O)c1ccc2ccccc2c1)CC1CC(O)C2OC3CC4(C)OC5C=CCC6OC7C(C)CC8OC9(C)CC(C)CC%10OC(=O)CC%10OC9CC8OC7C/C=C\CC6OC5CCCC4OC3CC2O1.